The van der Waals surface area contributed by atoms with Crippen LogP contribution in [-0.4, -0.2) is 37.5 Å². The van der Waals surface area contributed by atoms with E-state index < -0.39 is 11.7 Å². The molecule has 0 saturated heterocycles. The molecule has 0 spiro atoms. The van der Waals surface area contributed by atoms with Crippen LogP contribution in [0.4, 0.5) is 0 Å². The number of nitrogens with zero attached hydrogens (tertiary/aromatic N) is 3. The van der Waals surface area contributed by atoms with E-state index in [0.29, 0.717) is 11.0 Å². The largest absolute Gasteiger partial charge is 0.461 e. The molecule has 2 aromatic heterocycles. The van der Waals surface area contributed by atoms with Gasteiger partial charge in [0.25, 0.3) is 0 Å². The summed E-state index contributed by atoms with van der Waals surface area (Å²) in [5, 5.41) is 9.98. The minimum atomic E-state index is -0.631. The van der Waals surface area contributed by atoms with Crippen LogP contribution in [0.15, 0.2) is 29.1 Å². The van der Waals surface area contributed by atoms with Crippen LogP contribution in [0.5, 0.6) is 0 Å². The number of imidazole rings is 1. The van der Waals surface area contributed by atoms with E-state index in [1.807, 2.05) is 0 Å². The van der Waals surface area contributed by atoms with Crippen LogP contribution >= 0.6 is 0 Å². The highest BCUT2D eigenvalue weighted by atomic mass is 16.5. The number of nitrogens with one attached hydrogen (secondary N) is 2. The lowest BCUT2D eigenvalue weighted by Crippen LogP contribution is -2.18. The van der Waals surface area contributed by atoms with Crippen molar-refractivity contribution in [2.45, 2.75) is 6.92 Å². The van der Waals surface area contributed by atoms with Crippen molar-refractivity contribution in [2.75, 3.05) is 6.61 Å². The number of fused-ring (bicyclic) bond motifs is 1. The normalized spacial score (nSPS) is 10.8. The maximum atomic E-state index is 12.0. The van der Waals surface area contributed by atoms with Crippen molar-refractivity contribution in [1.29, 1.82) is 0 Å². The number of benzene rings is 1. The van der Waals surface area contributed by atoms with Gasteiger partial charge in [0.05, 0.1) is 17.6 Å². The van der Waals surface area contributed by atoms with Gasteiger partial charge in [0.2, 0.25) is 5.69 Å². The lowest BCUT2D eigenvalue weighted by atomic mass is 10.3. The van der Waals surface area contributed by atoms with E-state index in [9.17, 15) is 9.59 Å². The zero-order chi connectivity index (χ0) is 14.1. The van der Waals surface area contributed by atoms with E-state index in [4.69, 9.17) is 4.74 Å². The molecule has 1 aromatic carbocycles. The number of H-pyrrole nitrogens is 2. The maximum absolute atomic E-state index is 12.0. The predicted octanol–water partition coefficient (Wildman–Crippen LogP) is 0.614. The average Bonchev–Trinajstić information content (AvgIpc) is 3.01. The number of carbonyl (C=O) groups excluding carboxylic acids is 1. The molecule has 0 aliphatic heterocycles. The van der Waals surface area contributed by atoms with Crippen LogP contribution in [0.1, 0.15) is 17.4 Å². The van der Waals surface area contributed by atoms with E-state index in [1.54, 1.807) is 31.2 Å². The molecule has 2 heterocycles. The number of hydrogen-bond donors (Lipinski definition) is 2. The Morgan fingerprint density at radius 2 is 2.15 bits per heavy atom. The molecule has 0 radical (unpaired) electrons. The third-order valence-corrected chi connectivity index (χ3v) is 2.80. The van der Waals surface area contributed by atoms with E-state index in [2.05, 4.69) is 20.4 Å². The Balaban J connectivity index is 2.22. The number of aromatic nitrogens is 5. The molecule has 8 nitrogen and oxygen atoms in total. The summed E-state index contributed by atoms with van der Waals surface area (Å²) in [5.41, 5.74) is 0.830. The third-order valence-electron chi connectivity index (χ3n) is 2.80. The minimum absolute atomic E-state index is 0.0290. The van der Waals surface area contributed by atoms with Crippen molar-refractivity contribution < 1.29 is 9.53 Å². The summed E-state index contributed by atoms with van der Waals surface area (Å²) >= 11 is 0. The fourth-order valence-corrected chi connectivity index (χ4v) is 1.98. The first-order valence-electron chi connectivity index (χ1n) is 6.00. The Kier molecular flexibility index (Phi) is 2.82. The highest BCUT2D eigenvalue weighted by Crippen LogP contribution is 2.15. The first kappa shape index (κ1) is 12.2. The average molecular weight is 273 g/mol. The SMILES string of the molecule is CCOC(=O)c1n[nH]nc1-n1c(=O)[nH]c2ccccc21. The highest BCUT2D eigenvalue weighted by molar-refractivity contribution is 5.91. The second-order valence-corrected chi connectivity index (χ2v) is 4.00. The van der Waals surface area contributed by atoms with Gasteiger partial charge in [-0.15, -0.1) is 10.2 Å². The first-order valence-corrected chi connectivity index (χ1v) is 6.00. The van der Waals surface area contributed by atoms with Gasteiger partial charge in [-0.2, -0.15) is 5.21 Å². The molecule has 2 N–H and O–H groups in total. The van der Waals surface area contributed by atoms with Crippen LogP contribution < -0.4 is 5.69 Å². The van der Waals surface area contributed by atoms with Crippen LogP contribution in [0.25, 0.3) is 16.9 Å². The molecule has 0 fully saturated rings. The number of para-hydroxylation sites is 2. The van der Waals surface area contributed by atoms with Gasteiger partial charge in [0.15, 0.2) is 5.82 Å². The molecule has 0 aliphatic rings. The van der Waals surface area contributed by atoms with E-state index in [-0.39, 0.29) is 18.1 Å². The van der Waals surface area contributed by atoms with Gasteiger partial charge >= 0.3 is 11.7 Å². The number of esters is 1. The van der Waals surface area contributed by atoms with Gasteiger partial charge < -0.3 is 9.72 Å². The quantitative estimate of drug-likeness (QED) is 0.680. The standard InChI is InChI=1S/C12H11N5O3/c1-2-20-11(18)9-10(15-16-14-9)17-8-6-4-3-5-7(8)13-12(17)19/h3-6H,2H2,1H3,(H,13,19)(H,14,15,16). The smallest absolute Gasteiger partial charge is 0.362 e. The number of ether oxygens (including phenoxy) is 1. The van der Waals surface area contributed by atoms with E-state index >= 15 is 0 Å². The minimum Gasteiger partial charge on any atom is -0.461 e. The predicted molar refractivity (Wildman–Crippen MR) is 69.8 cm³/mol. The Morgan fingerprint density at radius 1 is 1.35 bits per heavy atom. The molecule has 0 saturated carbocycles. The molecular formula is C12H11N5O3. The summed E-state index contributed by atoms with van der Waals surface area (Å²) < 4.78 is 6.17. The van der Waals surface area contributed by atoms with E-state index in [1.165, 1.54) is 4.57 Å². The van der Waals surface area contributed by atoms with Gasteiger partial charge in [0.1, 0.15) is 0 Å². The summed E-state index contributed by atoms with van der Waals surface area (Å²) in [4.78, 5) is 26.5. The van der Waals surface area contributed by atoms with Crippen molar-refractivity contribution in [3.8, 4) is 5.82 Å². The van der Waals surface area contributed by atoms with Crippen LogP contribution in [0.2, 0.25) is 0 Å². The lowest BCUT2D eigenvalue weighted by Gasteiger charge is -2.01. The van der Waals surface area contributed by atoms with Gasteiger partial charge in [-0.3, -0.25) is 0 Å². The molecule has 0 atom stereocenters. The summed E-state index contributed by atoms with van der Waals surface area (Å²) in [7, 11) is 0. The van der Waals surface area contributed by atoms with Crippen molar-refractivity contribution in [1.82, 2.24) is 25.0 Å². The fourth-order valence-electron chi connectivity index (χ4n) is 1.98. The number of carbonyl (C=O) groups is 1. The number of rotatable bonds is 3. The molecule has 20 heavy (non-hydrogen) atoms. The number of hydrogen-bond acceptors (Lipinski definition) is 5. The molecule has 0 aliphatic carbocycles. The van der Waals surface area contributed by atoms with Crippen molar-refractivity contribution in [3.05, 3.63) is 40.4 Å². The third kappa shape index (κ3) is 1.78. The van der Waals surface area contributed by atoms with Gasteiger partial charge in [-0.25, -0.2) is 14.2 Å². The molecule has 3 aromatic rings. The van der Waals surface area contributed by atoms with Gasteiger partial charge in [-0.1, -0.05) is 12.1 Å². The summed E-state index contributed by atoms with van der Waals surface area (Å²) in [5.74, 6) is -0.515. The molecule has 3 rings (SSSR count). The summed E-state index contributed by atoms with van der Waals surface area (Å²) in [6.07, 6.45) is 0. The van der Waals surface area contributed by atoms with Gasteiger partial charge in [-0.05, 0) is 19.1 Å². The van der Waals surface area contributed by atoms with Crippen molar-refractivity contribution in [3.63, 3.8) is 0 Å². The Hall–Kier alpha value is -2.90. The zero-order valence-corrected chi connectivity index (χ0v) is 10.6. The molecule has 0 bridgehead atoms. The Bertz CT molecular complexity index is 829. The summed E-state index contributed by atoms with van der Waals surface area (Å²) in [6.45, 7) is 1.91. The van der Waals surface area contributed by atoms with Gasteiger partial charge in [0, 0.05) is 0 Å². The molecular weight excluding hydrogens is 262 g/mol. The monoisotopic (exact) mass is 273 g/mol. The van der Waals surface area contributed by atoms with E-state index in [0.717, 1.165) is 0 Å². The van der Waals surface area contributed by atoms with Crippen molar-refractivity contribution in [2.24, 2.45) is 0 Å². The molecule has 102 valence electrons. The Morgan fingerprint density at radius 3 is 2.95 bits per heavy atom. The molecule has 0 unspecified atom stereocenters. The number of aromatic amines is 2. The fraction of sp³-hybridized carbons (Fsp3) is 0.167. The molecule has 0 amide bonds. The lowest BCUT2D eigenvalue weighted by molar-refractivity contribution is 0.0519. The highest BCUT2D eigenvalue weighted by Gasteiger charge is 2.22. The second-order valence-electron chi connectivity index (χ2n) is 4.00. The Labute approximate surface area is 112 Å². The van der Waals surface area contributed by atoms with Crippen LogP contribution in [-0.2, 0) is 4.74 Å². The van der Waals surface area contributed by atoms with Crippen molar-refractivity contribution >= 4 is 17.0 Å². The summed E-state index contributed by atoms with van der Waals surface area (Å²) in [6, 6.07) is 7.10. The van der Waals surface area contributed by atoms with Crippen LogP contribution in [0.3, 0.4) is 0 Å². The topological polar surface area (TPSA) is 106 Å². The molecule has 8 heteroatoms. The van der Waals surface area contributed by atoms with Crippen LogP contribution in [0, 0.1) is 0 Å². The zero-order valence-electron chi connectivity index (χ0n) is 10.6. The first-order chi connectivity index (χ1) is 9.72. The maximum Gasteiger partial charge on any atom is 0.362 e. The second kappa shape index (κ2) is 4.65.